The van der Waals surface area contributed by atoms with E-state index in [4.69, 9.17) is 0 Å². The number of nitrogens with zero attached hydrogens (tertiary/aromatic N) is 1. The summed E-state index contributed by atoms with van der Waals surface area (Å²) in [7, 11) is 0. The third-order valence-corrected chi connectivity index (χ3v) is 5.43. The average molecular weight is 417 g/mol. The average Bonchev–Trinajstić information content (AvgIpc) is 2.93. The number of carbonyl (C=O) groups excluding carboxylic acids is 3. The summed E-state index contributed by atoms with van der Waals surface area (Å²) in [5.41, 5.74) is -0.502. The van der Waals surface area contributed by atoms with Crippen LogP contribution in [0.2, 0.25) is 0 Å². The van der Waals surface area contributed by atoms with E-state index >= 15 is 0 Å². The Kier molecular flexibility index (Phi) is 4.76. The molecule has 1 atom stereocenters. The lowest BCUT2D eigenvalue weighted by Crippen LogP contribution is -2.47. The van der Waals surface area contributed by atoms with Gasteiger partial charge in [0.05, 0.1) is 5.56 Å². The summed E-state index contributed by atoms with van der Waals surface area (Å²) in [6.45, 7) is -0.592. The molecule has 1 saturated heterocycles. The van der Waals surface area contributed by atoms with Gasteiger partial charge in [0.1, 0.15) is 12.1 Å². The van der Waals surface area contributed by atoms with Crippen LogP contribution in [0.4, 0.5) is 23.7 Å². The van der Waals surface area contributed by atoms with Gasteiger partial charge >= 0.3 is 12.2 Å². The van der Waals surface area contributed by atoms with Gasteiger partial charge in [-0.1, -0.05) is 30.3 Å². The standard InChI is InChI=1S/C21H18F3N3O3/c22-21(23,24)14-7-3-8-15(11-14)25-17(28)12-27-18(29)20(26-19(27)30)10-4-6-13-5-1-2-9-16(13)20/h1-3,5,7-9,11H,4,6,10,12H2,(H,25,28)(H,26,30)/t20-/m1/s1. The van der Waals surface area contributed by atoms with Gasteiger partial charge in [0.15, 0.2) is 0 Å². The SMILES string of the molecule is O=C(CN1C(=O)N[C@@]2(CCCc3ccccc32)C1=O)Nc1cccc(C(F)(F)F)c1. The molecule has 4 rings (SSSR count). The molecule has 0 radical (unpaired) electrons. The molecule has 2 aromatic carbocycles. The minimum absolute atomic E-state index is 0.0698. The number of alkyl halides is 3. The Morgan fingerprint density at radius 1 is 1.13 bits per heavy atom. The summed E-state index contributed by atoms with van der Waals surface area (Å²) < 4.78 is 38.5. The summed E-state index contributed by atoms with van der Waals surface area (Å²) in [6, 6.07) is 10.8. The smallest absolute Gasteiger partial charge is 0.325 e. The van der Waals surface area contributed by atoms with Crippen LogP contribution >= 0.6 is 0 Å². The molecule has 0 saturated carbocycles. The second-order valence-electron chi connectivity index (χ2n) is 7.36. The summed E-state index contributed by atoms with van der Waals surface area (Å²) in [4.78, 5) is 38.8. The first-order chi connectivity index (χ1) is 14.2. The molecule has 0 aromatic heterocycles. The zero-order chi connectivity index (χ0) is 21.5. The number of anilines is 1. The van der Waals surface area contributed by atoms with Crippen molar-refractivity contribution in [2.75, 3.05) is 11.9 Å². The zero-order valence-corrected chi connectivity index (χ0v) is 15.8. The van der Waals surface area contributed by atoms with Gasteiger partial charge < -0.3 is 10.6 Å². The summed E-state index contributed by atoms with van der Waals surface area (Å²) in [6.07, 6.45) is -2.64. The van der Waals surface area contributed by atoms with Gasteiger partial charge in [-0.3, -0.25) is 14.5 Å². The number of hydrogen-bond acceptors (Lipinski definition) is 3. The molecule has 1 spiro atoms. The molecule has 1 heterocycles. The first-order valence-corrected chi connectivity index (χ1v) is 9.40. The van der Waals surface area contributed by atoms with Gasteiger partial charge in [0.2, 0.25) is 5.91 Å². The van der Waals surface area contributed by atoms with Crippen LogP contribution in [-0.4, -0.2) is 29.3 Å². The Balaban J connectivity index is 1.52. The summed E-state index contributed by atoms with van der Waals surface area (Å²) in [5.74, 6) is -1.29. The van der Waals surface area contributed by atoms with Gasteiger partial charge in [-0.2, -0.15) is 13.2 Å². The summed E-state index contributed by atoms with van der Waals surface area (Å²) in [5, 5.41) is 5.05. The van der Waals surface area contributed by atoms with Crippen LogP contribution < -0.4 is 10.6 Å². The zero-order valence-electron chi connectivity index (χ0n) is 15.8. The van der Waals surface area contributed by atoms with Crippen LogP contribution in [-0.2, 0) is 27.7 Å². The number of amides is 4. The highest BCUT2D eigenvalue weighted by Gasteiger charge is 2.54. The minimum atomic E-state index is -4.55. The number of urea groups is 1. The van der Waals surface area contributed by atoms with E-state index in [1.807, 2.05) is 12.1 Å². The monoisotopic (exact) mass is 417 g/mol. The number of aryl methyl sites for hydroxylation is 1. The van der Waals surface area contributed by atoms with E-state index < -0.39 is 41.7 Å². The third kappa shape index (κ3) is 3.40. The molecule has 2 aromatic rings. The first-order valence-electron chi connectivity index (χ1n) is 9.40. The van der Waals surface area contributed by atoms with Crippen molar-refractivity contribution in [3.8, 4) is 0 Å². The molecular formula is C21H18F3N3O3. The molecule has 4 amide bonds. The van der Waals surface area contributed by atoms with Crippen LogP contribution in [0, 0.1) is 0 Å². The van der Waals surface area contributed by atoms with E-state index in [-0.39, 0.29) is 5.69 Å². The molecule has 156 valence electrons. The van der Waals surface area contributed by atoms with E-state index in [1.54, 1.807) is 12.1 Å². The molecule has 6 nitrogen and oxygen atoms in total. The van der Waals surface area contributed by atoms with Crippen LogP contribution in [0.5, 0.6) is 0 Å². The van der Waals surface area contributed by atoms with Crippen molar-refractivity contribution in [2.45, 2.75) is 31.0 Å². The maximum absolute atomic E-state index is 13.1. The van der Waals surface area contributed by atoms with Crippen LogP contribution in [0.25, 0.3) is 0 Å². The van der Waals surface area contributed by atoms with Gasteiger partial charge in [0, 0.05) is 5.69 Å². The van der Waals surface area contributed by atoms with Gasteiger partial charge in [0.25, 0.3) is 5.91 Å². The maximum atomic E-state index is 13.1. The Morgan fingerprint density at radius 3 is 2.67 bits per heavy atom. The number of nitrogens with one attached hydrogen (secondary N) is 2. The number of rotatable bonds is 3. The highest BCUT2D eigenvalue weighted by Crippen LogP contribution is 2.39. The van der Waals surface area contributed by atoms with Crippen molar-refractivity contribution in [3.05, 3.63) is 65.2 Å². The molecule has 1 aliphatic heterocycles. The van der Waals surface area contributed by atoms with Crippen molar-refractivity contribution >= 4 is 23.5 Å². The van der Waals surface area contributed by atoms with Crippen LogP contribution in [0.15, 0.2) is 48.5 Å². The molecule has 9 heteroatoms. The topological polar surface area (TPSA) is 78.5 Å². The van der Waals surface area contributed by atoms with Crippen molar-refractivity contribution in [2.24, 2.45) is 0 Å². The predicted molar refractivity (Wildman–Crippen MR) is 101 cm³/mol. The fraction of sp³-hybridized carbons (Fsp3) is 0.286. The second-order valence-corrected chi connectivity index (χ2v) is 7.36. The lowest BCUT2D eigenvalue weighted by atomic mass is 9.76. The number of hydrogen-bond donors (Lipinski definition) is 2. The van der Waals surface area contributed by atoms with E-state index in [9.17, 15) is 27.6 Å². The second kappa shape index (κ2) is 7.16. The number of benzene rings is 2. The number of carbonyl (C=O) groups is 3. The summed E-state index contributed by atoms with van der Waals surface area (Å²) >= 11 is 0. The molecule has 30 heavy (non-hydrogen) atoms. The van der Waals surface area contributed by atoms with Crippen molar-refractivity contribution < 1.29 is 27.6 Å². The van der Waals surface area contributed by atoms with Crippen molar-refractivity contribution in [3.63, 3.8) is 0 Å². The predicted octanol–water partition coefficient (Wildman–Crippen LogP) is 3.43. The first kappa shape index (κ1) is 19.9. The Bertz CT molecular complexity index is 1040. The molecule has 0 bridgehead atoms. The molecule has 2 aliphatic rings. The van der Waals surface area contributed by atoms with Crippen molar-refractivity contribution in [1.29, 1.82) is 0 Å². The largest absolute Gasteiger partial charge is 0.416 e. The number of halogens is 3. The Labute approximate surface area is 170 Å². The molecular weight excluding hydrogens is 399 g/mol. The van der Waals surface area contributed by atoms with Gasteiger partial charge in [-0.25, -0.2) is 4.79 Å². The molecule has 2 N–H and O–H groups in total. The van der Waals surface area contributed by atoms with Gasteiger partial charge in [-0.15, -0.1) is 0 Å². The fourth-order valence-corrected chi connectivity index (χ4v) is 4.07. The third-order valence-electron chi connectivity index (χ3n) is 5.43. The van der Waals surface area contributed by atoms with Gasteiger partial charge in [-0.05, 0) is 48.6 Å². The van der Waals surface area contributed by atoms with E-state index in [2.05, 4.69) is 10.6 Å². The Hall–Kier alpha value is -3.36. The highest BCUT2D eigenvalue weighted by molar-refractivity contribution is 6.10. The molecule has 1 fully saturated rings. The highest BCUT2D eigenvalue weighted by atomic mass is 19.4. The van der Waals surface area contributed by atoms with Crippen molar-refractivity contribution in [1.82, 2.24) is 10.2 Å². The molecule has 0 unspecified atom stereocenters. The van der Waals surface area contributed by atoms with E-state index in [0.29, 0.717) is 12.8 Å². The lowest BCUT2D eigenvalue weighted by molar-refractivity contribution is -0.137. The maximum Gasteiger partial charge on any atom is 0.416 e. The normalized spacial score (nSPS) is 20.8. The molecule has 1 aliphatic carbocycles. The van der Waals surface area contributed by atoms with Crippen LogP contribution in [0.3, 0.4) is 0 Å². The Morgan fingerprint density at radius 2 is 1.90 bits per heavy atom. The quantitative estimate of drug-likeness (QED) is 0.752. The van der Waals surface area contributed by atoms with Crippen LogP contribution in [0.1, 0.15) is 29.5 Å². The number of imide groups is 1. The van der Waals surface area contributed by atoms with E-state index in [0.717, 1.165) is 34.6 Å². The minimum Gasteiger partial charge on any atom is -0.325 e. The number of fused-ring (bicyclic) bond motifs is 2. The lowest BCUT2D eigenvalue weighted by Gasteiger charge is -2.33. The van der Waals surface area contributed by atoms with E-state index in [1.165, 1.54) is 12.1 Å². The fourth-order valence-electron chi connectivity index (χ4n) is 4.07.